The van der Waals surface area contributed by atoms with Crippen molar-refractivity contribution >= 4 is 11.0 Å². The first-order chi connectivity index (χ1) is 29.5. The third kappa shape index (κ3) is 6.88. The van der Waals surface area contributed by atoms with Crippen LogP contribution < -0.4 is 0 Å². The number of hydrogen-bond donors (Lipinski definition) is 1. The molecule has 0 amide bonds. The van der Waals surface area contributed by atoms with Gasteiger partial charge in [0, 0.05) is 27.0 Å². The van der Waals surface area contributed by atoms with E-state index in [-0.39, 0.29) is 11.2 Å². The molecule has 0 unspecified atom stereocenters. The number of phenols is 1. The highest BCUT2D eigenvalue weighted by Crippen LogP contribution is 2.42. The van der Waals surface area contributed by atoms with Crippen molar-refractivity contribution in [1.29, 1.82) is 0 Å². The van der Waals surface area contributed by atoms with Gasteiger partial charge in [-0.1, -0.05) is 142 Å². The number of aromatic nitrogens is 3. The minimum absolute atomic E-state index is 0.0348. The van der Waals surface area contributed by atoms with E-state index in [1.54, 1.807) is 24.4 Å². The second kappa shape index (κ2) is 15.1. The Balaban J connectivity index is 1.27. The van der Waals surface area contributed by atoms with E-state index in [9.17, 15) is 5.11 Å². The fourth-order valence-corrected chi connectivity index (χ4v) is 7.78. The van der Waals surface area contributed by atoms with E-state index in [0.29, 0.717) is 17.0 Å². The quantitative estimate of drug-likeness (QED) is 0.160. The number of fused-ring (bicyclic) bond motifs is 1. The molecule has 2 heterocycles. The molecule has 0 saturated heterocycles. The third-order valence-electron chi connectivity index (χ3n) is 11.4. The average Bonchev–Trinajstić information content (AvgIpc) is 3.68. The summed E-state index contributed by atoms with van der Waals surface area (Å²) in [5.74, 6) is 0.788. The molecule has 0 fully saturated rings. The number of nitrogens with zero attached hydrogens (tertiary/aromatic N) is 3. The first-order valence-electron chi connectivity index (χ1n) is 21.3. The highest BCUT2D eigenvalue weighted by atomic mass is 16.3. The molecule has 0 aliphatic carbocycles. The molecule has 1 N–H and O–H groups in total. The molecule has 0 aliphatic heterocycles. The highest BCUT2D eigenvalue weighted by molar-refractivity contribution is 5.98. The van der Waals surface area contributed by atoms with E-state index in [4.69, 9.17) is 14.1 Å². The van der Waals surface area contributed by atoms with E-state index < -0.39 is 6.85 Å². The van der Waals surface area contributed by atoms with E-state index in [0.717, 1.165) is 78.9 Å². The van der Waals surface area contributed by atoms with Crippen LogP contribution in [0.25, 0.3) is 83.9 Å². The lowest BCUT2D eigenvalue weighted by atomic mass is 9.81. The van der Waals surface area contributed by atoms with E-state index in [1.807, 2.05) is 60.7 Å². The molecule has 7 aromatic carbocycles. The molecule has 0 bridgehead atoms. The molecule has 4 nitrogen and oxygen atoms in total. The Morgan fingerprint density at radius 1 is 0.569 bits per heavy atom. The van der Waals surface area contributed by atoms with Crippen LogP contribution in [0.5, 0.6) is 5.75 Å². The Kier molecular flexibility index (Phi) is 8.64. The average molecular weight is 755 g/mol. The lowest BCUT2D eigenvalue weighted by Gasteiger charge is -2.25. The highest BCUT2D eigenvalue weighted by Gasteiger charge is 2.25. The van der Waals surface area contributed by atoms with Crippen molar-refractivity contribution in [3.63, 3.8) is 0 Å². The molecular weight excluding hydrogens is 707 g/mol. The Morgan fingerprint density at radius 2 is 1.24 bits per heavy atom. The Bertz CT molecular complexity index is 3020. The smallest absolute Gasteiger partial charge is 0.149 e. The van der Waals surface area contributed by atoms with Crippen molar-refractivity contribution in [3.8, 4) is 78.6 Å². The fraction of sp³-hybridized carbons (Fsp3) is 0.111. The molecule has 2 aromatic heterocycles. The maximum Gasteiger partial charge on any atom is 0.149 e. The number of rotatable bonds is 9. The topological polar surface area (TPSA) is 50.9 Å². The zero-order valence-corrected chi connectivity index (χ0v) is 32.8. The van der Waals surface area contributed by atoms with Crippen LogP contribution in [0.4, 0.5) is 0 Å². The summed E-state index contributed by atoms with van der Waals surface area (Å²) >= 11 is 0. The Morgan fingerprint density at radius 3 is 1.98 bits per heavy atom. The van der Waals surface area contributed by atoms with Gasteiger partial charge < -0.3 is 5.11 Å². The van der Waals surface area contributed by atoms with Crippen molar-refractivity contribution in [2.45, 2.75) is 39.5 Å². The maximum atomic E-state index is 11.4. The summed E-state index contributed by atoms with van der Waals surface area (Å²) in [5.41, 5.74) is 14.5. The van der Waals surface area contributed by atoms with E-state index >= 15 is 0 Å². The lowest BCUT2D eigenvalue weighted by Crippen LogP contribution is -2.16. The molecular formula is C54H45N3O. The molecule has 0 aliphatic rings. The molecule has 0 atom stereocenters. The summed E-state index contributed by atoms with van der Waals surface area (Å²) in [7, 11) is 0. The maximum absolute atomic E-state index is 11.4. The lowest BCUT2D eigenvalue weighted by molar-refractivity contribution is 0.477. The summed E-state index contributed by atoms with van der Waals surface area (Å²) in [5, 5.41) is 11.4. The van der Waals surface area contributed by atoms with Crippen molar-refractivity contribution in [1.82, 2.24) is 14.5 Å². The van der Waals surface area contributed by atoms with Gasteiger partial charge in [0.15, 0.2) is 0 Å². The van der Waals surface area contributed by atoms with Crippen molar-refractivity contribution in [2.75, 3.05) is 0 Å². The normalized spacial score (nSPS) is 12.6. The van der Waals surface area contributed by atoms with Crippen molar-refractivity contribution in [2.24, 2.45) is 0 Å². The number of imidazole rings is 1. The van der Waals surface area contributed by atoms with Crippen LogP contribution in [0.2, 0.25) is 0 Å². The molecule has 0 radical (unpaired) electrons. The molecule has 282 valence electrons. The van der Waals surface area contributed by atoms with E-state index in [2.05, 4.69) is 122 Å². The SMILES string of the molecule is [2H]C([2H])([2H])c1ccc(-c2ccnc(-c3cc(-c4ccccc4)cc(-c4cccc5c4nc(-c4ccccc4O)n5-c4ccc(C(C)(C)CC)cc4-c4ccccc4)c3)c2)cc1. The van der Waals surface area contributed by atoms with Gasteiger partial charge in [-0.2, -0.15) is 0 Å². The van der Waals surface area contributed by atoms with Crippen LogP contribution in [0.1, 0.15) is 42.4 Å². The van der Waals surface area contributed by atoms with Crippen molar-refractivity contribution in [3.05, 3.63) is 193 Å². The van der Waals surface area contributed by atoms with Gasteiger partial charge in [-0.3, -0.25) is 9.55 Å². The summed E-state index contributed by atoms with van der Waals surface area (Å²) in [6, 6.07) is 58.9. The van der Waals surface area contributed by atoms with Gasteiger partial charge in [-0.15, -0.1) is 0 Å². The molecule has 4 heteroatoms. The summed E-state index contributed by atoms with van der Waals surface area (Å²) in [6.07, 6.45) is 2.79. The number of aromatic hydroxyl groups is 1. The third-order valence-corrected chi connectivity index (χ3v) is 11.4. The number of para-hydroxylation sites is 2. The predicted octanol–water partition coefficient (Wildman–Crippen LogP) is 14.1. The first kappa shape index (κ1) is 33.1. The number of pyridine rings is 1. The molecule has 9 rings (SSSR count). The summed E-state index contributed by atoms with van der Waals surface area (Å²) < 4.78 is 25.7. The monoisotopic (exact) mass is 754 g/mol. The van der Waals surface area contributed by atoms with Crippen LogP contribution in [-0.2, 0) is 5.41 Å². The molecule has 0 spiro atoms. The molecule has 0 saturated carbocycles. The first-order valence-corrected chi connectivity index (χ1v) is 19.8. The number of hydrogen-bond acceptors (Lipinski definition) is 3. The van der Waals surface area contributed by atoms with Crippen LogP contribution in [0.3, 0.4) is 0 Å². The molecule has 58 heavy (non-hydrogen) atoms. The van der Waals surface area contributed by atoms with Gasteiger partial charge in [0.25, 0.3) is 0 Å². The minimum atomic E-state index is -2.17. The zero-order chi connectivity index (χ0) is 42.3. The summed E-state index contributed by atoms with van der Waals surface area (Å²) in [4.78, 5) is 10.3. The van der Waals surface area contributed by atoms with Gasteiger partial charge in [0.1, 0.15) is 11.6 Å². The minimum Gasteiger partial charge on any atom is -0.507 e. The Hall–Kier alpha value is -7.04. The van der Waals surface area contributed by atoms with Gasteiger partial charge in [-0.25, -0.2) is 4.98 Å². The van der Waals surface area contributed by atoms with E-state index in [1.165, 1.54) is 5.56 Å². The number of aryl methyl sites for hydroxylation is 1. The summed E-state index contributed by atoms with van der Waals surface area (Å²) in [6.45, 7) is 4.63. The van der Waals surface area contributed by atoms with Crippen LogP contribution >= 0.6 is 0 Å². The van der Waals surface area contributed by atoms with Crippen molar-refractivity contribution < 1.29 is 9.22 Å². The predicted molar refractivity (Wildman–Crippen MR) is 241 cm³/mol. The van der Waals surface area contributed by atoms with Crippen LogP contribution in [0.15, 0.2) is 182 Å². The van der Waals surface area contributed by atoms with Gasteiger partial charge in [0.05, 0.1) is 28.0 Å². The fourth-order valence-electron chi connectivity index (χ4n) is 7.78. The number of benzene rings is 7. The van der Waals surface area contributed by atoms with Gasteiger partial charge in [-0.05, 0) is 118 Å². The van der Waals surface area contributed by atoms with Crippen LogP contribution in [0, 0.1) is 6.85 Å². The second-order valence-electron chi connectivity index (χ2n) is 15.5. The largest absolute Gasteiger partial charge is 0.507 e. The Labute approximate surface area is 345 Å². The number of phenolic OH excluding ortho intramolecular Hbond substituents is 1. The van der Waals surface area contributed by atoms with Crippen LogP contribution in [-0.4, -0.2) is 19.6 Å². The second-order valence-corrected chi connectivity index (χ2v) is 15.5. The van der Waals surface area contributed by atoms with Gasteiger partial charge >= 0.3 is 0 Å². The zero-order valence-electron chi connectivity index (χ0n) is 35.8. The van der Waals surface area contributed by atoms with Gasteiger partial charge in [0.2, 0.25) is 0 Å². The molecule has 9 aromatic rings. The standard InChI is InChI=1S/C54H45N3O/c1-5-54(3,4)44-27-28-49(47(35-44)39-17-10-7-11-18-39)57-50-21-14-20-45(52(50)56-53(57)46-19-12-13-22-51(46)58)42-31-41(37-15-8-6-9-16-37)32-43(33-42)48-34-40(29-30-55-48)38-25-23-36(2)24-26-38/h6-35,58H,5H2,1-4H3/i2D3.